The van der Waals surface area contributed by atoms with Gasteiger partial charge in [0.2, 0.25) is 0 Å². The Morgan fingerprint density at radius 2 is 1.77 bits per heavy atom. The monoisotopic (exact) mass is 444 g/mol. The van der Waals surface area contributed by atoms with Gasteiger partial charge in [0.1, 0.15) is 5.76 Å². The van der Waals surface area contributed by atoms with Crippen LogP contribution in [-0.4, -0.2) is 36.1 Å². The lowest BCUT2D eigenvalue weighted by molar-refractivity contribution is -0.161. The van der Waals surface area contributed by atoms with E-state index in [1.165, 1.54) is 23.8 Å². The average molecular weight is 445 g/mol. The number of allylic oxidation sites excluding steroid dienone is 2. The summed E-state index contributed by atoms with van der Waals surface area (Å²) in [5.74, 6) is -0.169. The van der Waals surface area contributed by atoms with Crippen molar-refractivity contribution in [2.75, 3.05) is 13.7 Å². The number of hydrogen-bond donors (Lipinski definition) is 0. The van der Waals surface area contributed by atoms with Crippen LogP contribution in [0.4, 0.5) is 0 Å². The molecule has 5 nitrogen and oxygen atoms in total. The molecule has 0 bridgehead atoms. The third-order valence-electron chi connectivity index (χ3n) is 6.80. The predicted octanol–water partition coefficient (Wildman–Crippen LogP) is 4.91. The molecule has 2 fully saturated rings. The van der Waals surface area contributed by atoms with Crippen molar-refractivity contribution in [1.82, 2.24) is 0 Å². The number of Topliss-reactive ketones (excluding diaryl/α,β-unsaturated/α-hetero) is 1. The highest BCUT2D eigenvalue weighted by atomic mass is 32.1. The molecule has 2 aliphatic carbocycles. The van der Waals surface area contributed by atoms with E-state index >= 15 is 0 Å². The SMILES string of the molecule is CCc1cc(C)cc(CC)c1C1=C(OC(=S)OC)C2CC3(COC(C)(C)O3)CC2C1=O. The van der Waals surface area contributed by atoms with Crippen LogP contribution in [-0.2, 0) is 36.6 Å². The number of rotatable bonds is 4. The highest BCUT2D eigenvalue weighted by molar-refractivity contribution is 7.79. The second-order valence-electron chi connectivity index (χ2n) is 9.42. The molecule has 1 heterocycles. The summed E-state index contributed by atoms with van der Waals surface area (Å²) >= 11 is 5.25. The molecule has 3 atom stereocenters. The Labute approximate surface area is 190 Å². The normalized spacial score (nSPS) is 29.0. The van der Waals surface area contributed by atoms with Gasteiger partial charge in [-0.1, -0.05) is 31.5 Å². The number of thiocarbonyl (C=S) groups is 1. The zero-order valence-corrected chi connectivity index (χ0v) is 20.1. The van der Waals surface area contributed by atoms with Crippen molar-refractivity contribution in [3.63, 3.8) is 0 Å². The lowest BCUT2D eigenvalue weighted by Gasteiger charge is -2.26. The molecular weight excluding hydrogens is 412 g/mol. The van der Waals surface area contributed by atoms with Gasteiger partial charge in [-0.15, -0.1) is 0 Å². The standard InChI is InChI=1S/C25H32O5S/c1-7-15-9-14(3)10-16(8-2)19(15)20-21(26)17-11-25(13-28-24(4,5)30-25)12-18(17)22(20)29-23(31)27-6/h9-10,17-18H,7-8,11-13H2,1-6H3. The van der Waals surface area contributed by atoms with E-state index in [0.717, 1.165) is 18.4 Å². The van der Waals surface area contributed by atoms with Gasteiger partial charge in [-0.2, -0.15) is 0 Å². The maximum absolute atomic E-state index is 13.9. The van der Waals surface area contributed by atoms with Crippen LogP contribution in [0.25, 0.3) is 5.57 Å². The molecule has 4 rings (SSSR count). The van der Waals surface area contributed by atoms with Crippen LogP contribution in [0.5, 0.6) is 0 Å². The molecule has 1 saturated carbocycles. The minimum atomic E-state index is -0.640. The lowest BCUT2D eigenvalue weighted by atomic mass is 9.86. The van der Waals surface area contributed by atoms with Crippen LogP contribution < -0.4 is 0 Å². The number of methoxy groups -OCH3 is 1. The molecule has 3 unspecified atom stereocenters. The minimum Gasteiger partial charge on any atom is -0.460 e. The van der Waals surface area contributed by atoms with Gasteiger partial charge in [0, 0.05) is 24.1 Å². The summed E-state index contributed by atoms with van der Waals surface area (Å²) in [6.45, 7) is 10.7. The predicted molar refractivity (Wildman–Crippen MR) is 123 cm³/mol. The largest absolute Gasteiger partial charge is 0.460 e. The van der Waals surface area contributed by atoms with E-state index in [1.807, 2.05) is 13.8 Å². The van der Waals surface area contributed by atoms with Crippen molar-refractivity contribution in [3.05, 3.63) is 40.1 Å². The van der Waals surface area contributed by atoms with Gasteiger partial charge in [0.15, 0.2) is 11.6 Å². The van der Waals surface area contributed by atoms with Gasteiger partial charge in [0.25, 0.3) is 0 Å². The number of carbonyl (C=O) groups excluding carboxylic acids is 1. The van der Waals surface area contributed by atoms with Crippen molar-refractivity contribution in [2.24, 2.45) is 11.8 Å². The molecule has 6 heteroatoms. The first-order valence-electron chi connectivity index (χ1n) is 11.1. The quantitative estimate of drug-likeness (QED) is 0.615. The molecule has 0 aromatic heterocycles. The van der Waals surface area contributed by atoms with E-state index in [0.29, 0.717) is 30.8 Å². The minimum absolute atomic E-state index is 0.0361. The number of aryl methyl sites for hydroxylation is 3. The van der Waals surface area contributed by atoms with Gasteiger partial charge in [-0.05, 0) is 63.1 Å². The van der Waals surface area contributed by atoms with E-state index in [-0.39, 0.29) is 22.9 Å². The highest BCUT2D eigenvalue weighted by Crippen LogP contribution is 2.56. The van der Waals surface area contributed by atoms with Gasteiger partial charge >= 0.3 is 5.24 Å². The van der Waals surface area contributed by atoms with E-state index in [1.54, 1.807) is 0 Å². The van der Waals surface area contributed by atoms with Gasteiger partial charge in [-0.3, -0.25) is 4.79 Å². The Morgan fingerprint density at radius 1 is 1.16 bits per heavy atom. The van der Waals surface area contributed by atoms with E-state index in [9.17, 15) is 4.79 Å². The third kappa shape index (κ3) is 3.83. The van der Waals surface area contributed by atoms with Gasteiger partial charge in [0.05, 0.1) is 24.9 Å². The molecule has 1 aliphatic heterocycles. The maximum Gasteiger partial charge on any atom is 0.357 e. The topological polar surface area (TPSA) is 54.0 Å². The summed E-state index contributed by atoms with van der Waals surface area (Å²) in [5, 5.41) is 0.0361. The third-order valence-corrected chi connectivity index (χ3v) is 7.05. The summed E-state index contributed by atoms with van der Waals surface area (Å²) in [6.07, 6.45) is 2.98. The van der Waals surface area contributed by atoms with Gasteiger partial charge < -0.3 is 18.9 Å². The van der Waals surface area contributed by atoms with Crippen LogP contribution in [0.1, 0.15) is 62.8 Å². The molecule has 0 N–H and O–H groups in total. The average Bonchev–Trinajstić information content (AvgIpc) is 3.32. The number of ketones is 1. The molecule has 31 heavy (non-hydrogen) atoms. The van der Waals surface area contributed by atoms with Crippen molar-refractivity contribution in [2.45, 2.75) is 71.7 Å². The number of fused-ring (bicyclic) bond motifs is 1. The zero-order valence-electron chi connectivity index (χ0n) is 19.3. The Bertz CT molecular complexity index is 938. The molecule has 1 aromatic carbocycles. The van der Waals surface area contributed by atoms with Crippen LogP contribution >= 0.6 is 12.2 Å². The fraction of sp³-hybridized carbons (Fsp3) is 0.600. The molecular formula is C25H32O5S. The number of carbonyl (C=O) groups is 1. The fourth-order valence-electron chi connectivity index (χ4n) is 5.62. The maximum atomic E-state index is 13.9. The zero-order chi connectivity index (χ0) is 22.6. The first-order chi connectivity index (χ1) is 14.6. The molecule has 0 amide bonds. The van der Waals surface area contributed by atoms with Crippen LogP contribution in [0.3, 0.4) is 0 Å². The summed E-state index contributed by atoms with van der Waals surface area (Å²) in [6, 6.07) is 4.35. The first kappa shape index (κ1) is 22.4. The Kier molecular flexibility index (Phi) is 5.78. The van der Waals surface area contributed by atoms with Crippen LogP contribution in [0.2, 0.25) is 0 Å². The highest BCUT2D eigenvalue weighted by Gasteiger charge is 2.60. The Balaban J connectivity index is 1.84. The van der Waals surface area contributed by atoms with Crippen molar-refractivity contribution >= 4 is 28.8 Å². The lowest BCUT2D eigenvalue weighted by Crippen LogP contribution is -2.32. The van der Waals surface area contributed by atoms with E-state index in [2.05, 4.69) is 32.9 Å². The summed E-state index contributed by atoms with van der Waals surface area (Å²) in [4.78, 5) is 13.9. The molecule has 1 aromatic rings. The summed E-state index contributed by atoms with van der Waals surface area (Å²) in [5.41, 5.74) is 4.77. The van der Waals surface area contributed by atoms with Crippen molar-refractivity contribution in [3.8, 4) is 0 Å². The molecule has 1 spiro atoms. The van der Waals surface area contributed by atoms with E-state index < -0.39 is 11.4 Å². The summed E-state index contributed by atoms with van der Waals surface area (Å²) < 4.78 is 23.4. The smallest absolute Gasteiger partial charge is 0.357 e. The number of ether oxygens (including phenoxy) is 4. The van der Waals surface area contributed by atoms with Crippen LogP contribution in [0.15, 0.2) is 17.9 Å². The fourth-order valence-corrected chi connectivity index (χ4v) is 5.71. The first-order valence-corrected chi connectivity index (χ1v) is 11.6. The Hall–Kier alpha value is -1.76. The molecule has 0 radical (unpaired) electrons. The van der Waals surface area contributed by atoms with E-state index in [4.69, 9.17) is 31.2 Å². The second-order valence-corrected chi connectivity index (χ2v) is 9.75. The van der Waals surface area contributed by atoms with Gasteiger partial charge in [-0.25, -0.2) is 0 Å². The van der Waals surface area contributed by atoms with Crippen molar-refractivity contribution in [1.29, 1.82) is 0 Å². The molecule has 3 aliphatic rings. The number of hydrogen-bond acceptors (Lipinski definition) is 6. The Morgan fingerprint density at radius 3 is 2.29 bits per heavy atom. The molecule has 168 valence electrons. The molecule has 1 saturated heterocycles. The number of benzene rings is 1. The summed E-state index contributed by atoms with van der Waals surface area (Å²) in [7, 11) is 1.49. The van der Waals surface area contributed by atoms with Crippen molar-refractivity contribution < 1.29 is 23.7 Å². The van der Waals surface area contributed by atoms with Crippen LogP contribution in [0, 0.1) is 18.8 Å². The second kappa shape index (κ2) is 7.98.